The highest BCUT2D eigenvalue weighted by Crippen LogP contribution is 2.37. The molecule has 2 atom stereocenters. The van der Waals surface area contributed by atoms with Gasteiger partial charge in [-0.1, -0.05) is 20.8 Å². The minimum atomic E-state index is -0.731. The summed E-state index contributed by atoms with van der Waals surface area (Å²) in [6.07, 6.45) is 0.290. The fourth-order valence-electron chi connectivity index (χ4n) is 2.90. The molecule has 4 heteroatoms. The van der Waals surface area contributed by atoms with Crippen LogP contribution in [0.15, 0.2) is 0 Å². The summed E-state index contributed by atoms with van der Waals surface area (Å²) in [7, 11) is 0. The number of aliphatic hydroxyl groups is 1. The van der Waals surface area contributed by atoms with Crippen molar-refractivity contribution < 1.29 is 14.7 Å². The molecule has 0 aromatic carbocycles. The van der Waals surface area contributed by atoms with Gasteiger partial charge < -0.3 is 10.0 Å². The van der Waals surface area contributed by atoms with Gasteiger partial charge in [0.15, 0.2) is 0 Å². The van der Waals surface area contributed by atoms with E-state index in [2.05, 4.69) is 0 Å². The zero-order valence-corrected chi connectivity index (χ0v) is 12.3. The number of rotatable bonds is 4. The van der Waals surface area contributed by atoms with Gasteiger partial charge in [0, 0.05) is 23.3 Å². The van der Waals surface area contributed by atoms with E-state index < -0.39 is 17.2 Å². The molecule has 1 N–H and O–H groups in total. The third-order valence-corrected chi connectivity index (χ3v) is 4.00. The minimum absolute atomic E-state index is 0.0214. The number of nitrogens with zero attached hydrogens (tertiary/aromatic N) is 1. The van der Waals surface area contributed by atoms with Crippen LogP contribution >= 0.6 is 0 Å². The van der Waals surface area contributed by atoms with Crippen LogP contribution in [-0.4, -0.2) is 33.5 Å². The second-order valence-corrected chi connectivity index (χ2v) is 6.75. The van der Waals surface area contributed by atoms with Gasteiger partial charge in [0.1, 0.15) is 12.0 Å². The number of Topliss-reactive ketones (excluding diaryl/α,β-unsaturated/α-hetero) is 1. The van der Waals surface area contributed by atoms with Crippen LogP contribution in [0.5, 0.6) is 0 Å². The van der Waals surface area contributed by atoms with Crippen LogP contribution in [0.25, 0.3) is 0 Å². The second kappa shape index (κ2) is 4.65. The maximum atomic E-state index is 12.1. The molecule has 1 aliphatic heterocycles. The van der Waals surface area contributed by atoms with Gasteiger partial charge in [0.2, 0.25) is 5.91 Å². The summed E-state index contributed by atoms with van der Waals surface area (Å²) in [6.45, 7) is 11.0. The lowest BCUT2D eigenvalue weighted by molar-refractivity contribution is -0.146. The molecule has 0 bridgehead atoms. The predicted molar refractivity (Wildman–Crippen MR) is 69.8 cm³/mol. The summed E-state index contributed by atoms with van der Waals surface area (Å²) in [5.74, 6) is -0.0590. The number of likely N-dealkylation sites (tertiary alicyclic amines) is 1. The molecule has 1 rings (SSSR count). The van der Waals surface area contributed by atoms with Gasteiger partial charge in [-0.05, 0) is 27.2 Å². The fourth-order valence-corrected chi connectivity index (χ4v) is 2.90. The number of ketones is 1. The zero-order chi connectivity index (χ0) is 14.3. The topological polar surface area (TPSA) is 57.6 Å². The summed E-state index contributed by atoms with van der Waals surface area (Å²) in [5, 5.41) is 10.0. The normalized spacial score (nSPS) is 25.7. The quantitative estimate of drug-likeness (QED) is 0.835. The fraction of sp³-hybridized carbons (Fsp3) is 0.857. The van der Waals surface area contributed by atoms with E-state index in [-0.39, 0.29) is 17.6 Å². The Labute approximate surface area is 109 Å². The van der Waals surface area contributed by atoms with Crippen LogP contribution < -0.4 is 0 Å². The Hall–Kier alpha value is -0.900. The van der Waals surface area contributed by atoms with Gasteiger partial charge in [-0.2, -0.15) is 0 Å². The van der Waals surface area contributed by atoms with Crippen molar-refractivity contribution in [1.82, 2.24) is 4.90 Å². The Morgan fingerprint density at radius 1 is 1.39 bits per heavy atom. The van der Waals surface area contributed by atoms with Crippen LogP contribution in [0, 0.1) is 11.3 Å². The van der Waals surface area contributed by atoms with Crippen molar-refractivity contribution in [3.8, 4) is 0 Å². The number of amides is 1. The number of hydrogen-bond acceptors (Lipinski definition) is 3. The van der Waals surface area contributed by atoms with Gasteiger partial charge in [0.25, 0.3) is 0 Å². The first-order valence-corrected chi connectivity index (χ1v) is 6.51. The van der Waals surface area contributed by atoms with E-state index in [0.717, 1.165) is 0 Å². The van der Waals surface area contributed by atoms with E-state index in [1.807, 2.05) is 34.6 Å². The summed E-state index contributed by atoms with van der Waals surface area (Å²) in [6, 6.07) is 0. The molecule has 0 radical (unpaired) electrons. The first-order valence-electron chi connectivity index (χ1n) is 6.51. The van der Waals surface area contributed by atoms with Gasteiger partial charge in [-0.3, -0.25) is 9.59 Å². The molecule has 0 spiro atoms. The molecule has 0 aliphatic carbocycles. The smallest absolute Gasteiger partial charge is 0.228 e. The van der Waals surface area contributed by atoms with Crippen LogP contribution in [0.4, 0.5) is 0 Å². The molecular weight excluding hydrogens is 230 g/mol. The minimum Gasteiger partial charge on any atom is -0.373 e. The standard InChI is InChI=1S/C14H25NO3/c1-9-7-11(17)15(12(9)18)14(5,6)8-13(3,4)10(2)16/h9,11,17H,7-8H2,1-6H3. The molecule has 2 unspecified atom stereocenters. The number of carbonyl (C=O) groups excluding carboxylic acids is 2. The first-order chi connectivity index (χ1) is 7.99. The molecular formula is C14H25NO3. The van der Waals surface area contributed by atoms with Crippen molar-refractivity contribution in [1.29, 1.82) is 0 Å². The van der Waals surface area contributed by atoms with E-state index in [9.17, 15) is 14.7 Å². The Balaban J connectivity index is 2.93. The largest absolute Gasteiger partial charge is 0.373 e. The number of carbonyl (C=O) groups is 2. The molecule has 1 amide bonds. The lowest BCUT2D eigenvalue weighted by atomic mass is 9.76. The highest BCUT2D eigenvalue weighted by Gasteiger charge is 2.46. The van der Waals surface area contributed by atoms with E-state index in [4.69, 9.17) is 0 Å². The van der Waals surface area contributed by atoms with Crippen LogP contribution in [-0.2, 0) is 9.59 Å². The van der Waals surface area contributed by atoms with E-state index in [1.165, 1.54) is 0 Å². The Morgan fingerprint density at radius 3 is 2.22 bits per heavy atom. The molecule has 104 valence electrons. The van der Waals surface area contributed by atoms with Gasteiger partial charge in [-0.15, -0.1) is 0 Å². The van der Waals surface area contributed by atoms with E-state index in [1.54, 1.807) is 11.8 Å². The Kier molecular flexibility index (Phi) is 3.92. The van der Waals surface area contributed by atoms with Gasteiger partial charge in [-0.25, -0.2) is 0 Å². The number of aliphatic hydroxyl groups excluding tert-OH is 1. The van der Waals surface area contributed by atoms with Crippen molar-refractivity contribution >= 4 is 11.7 Å². The average molecular weight is 255 g/mol. The summed E-state index contributed by atoms with van der Waals surface area (Å²) >= 11 is 0. The van der Waals surface area contributed by atoms with Gasteiger partial charge in [0.05, 0.1) is 0 Å². The lowest BCUT2D eigenvalue weighted by Gasteiger charge is -2.42. The average Bonchev–Trinajstić information content (AvgIpc) is 2.38. The third kappa shape index (κ3) is 2.74. The monoisotopic (exact) mass is 255 g/mol. The summed E-state index contributed by atoms with van der Waals surface area (Å²) < 4.78 is 0. The van der Waals surface area contributed by atoms with Crippen LogP contribution in [0.1, 0.15) is 54.4 Å². The first kappa shape index (κ1) is 15.2. The molecule has 4 nitrogen and oxygen atoms in total. The van der Waals surface area contributed by atoms with Crippen molar-refractivity contribution in [2.45, 2.75) is 66.2 Å². The highest BCUT2D eigenvalue weighted by atomic mass is 16.3. The third-order valence-electron chi connectivity index (χ3n) is 4.00. The highest BCUT2D eigenvalue weighted by molar-refractivity contribution is 5.83. The molecule has 0 aromatic rings. The molecule has 1 heterocycles. The molecule has 18 heavy (non-hydrogen) atoms. The number of hydrogen-bond donors (Lipinski definition) is 1. The summed E-state index contributed by atoms with van der Waals surface area (Å²) in [5.41, 5.74) is -1.01. The van der Waals surface area contributed by atoms with Crippen LogP contribution in [0.3, 0.4) is 0 Å². The van der Waals surface area contributed by atoms with Gasteiger partial charge >= 0.3 is 0 Å². The maximum Gasteiger partial charge on any atom is 0.228 e. The Bertz CT molecular complexity index is 360. The maximum absolute atomic E-state index is 12.1. The summed E-state index contributed by atoms with van der Waals surface area (Å²) in [4.78, 5) is 25.3. The molecule has 1 fully saturated rings. The molecule has 1 saturated heterocycles. The van der Waals surface area contributed by atoms with Crippen LogP contribution in [0.2, 0.25) is 0 Å². The SMILES string of the molecule is CC(=O)C(C)(C)CC(C)(C)N1C(=O)C(C)CC1O. The van der Waals surface area contributed by atoms with Crippen molar-refractivity contribution in [2.75, 3.05) is 0 Å². The molecule has 1 aliphatic rings. The molecule has 0 saturated carbocycles. The van der Waals surface area contributed by atoms with E-state index >= 15 is 0 Å². The molecule has 0 aromatic heterocycles. The zero-order valence-electron chi connectivity index (χ0n) is 12.3. The van der Waals surface area contributed by atoms with Crippen molar-refractivity contribution in [2.24, 2.45) is 11.3 Å². The lowest BCUT2D eigenvalue weighted by Crippen LogP contribution is -2.52. The van der Waals surface area contributed by atoms with Crippen molar-refractivity contribution in [3.63, 3.8) is 0 Å². The van der Waals surface area contributed by atoms with Crippen molar-refractivity contribution in [3.05, 3.63) is 0 Å². The van der Waals surface area contributed by atoms with E-state index in [0.29, 0.717) is 12.8 Å². The Morgan fingerprint density at radius 2 is 1.89 bits per heavy atom. The second-order valence-electron chi connectivity index (χ2n) is 6.75. The predicted octanol–water partition coefficient (Wildman–Crippen LogP) is 1.96.